The van der Waals surface area contributed by atoms with E-state index < -0.39 is 5.54 Å². The van der Waals surface area contributed by atoms with E-state index in [0.29, 0.717) is 12.2 Å². The second-order valence-corrected chi connectivity index (χ2v) is 4.48. The van der Waals surface area contributed by atoms with E-state index in [4.69, 9.17) is 15.7 Å². The Morgan fingerprint density at radius 1 is 1.38 bits per heavy atom. The molecule has 0 amide bonds. The lowest BCUT2D eigenvalue weighted by atomic mass is 10.1. The first-order valence-electron chi connectivity index (χ1n) is 5.01. The number of hydrogen-bond acceptors (Lipinski definition) is 5. The van der Waals surface area contributed by atoms with Crippen molar-refractivity contribution in [3.63, 3.8) is 0 Å². The molecule has 0 unspecified atom stereocenters. The number of nitrogens with zero attached hydrogens (tertiary/aromatic N) is 3. The molecule has 0 saturated heterocycles. The topological polar surface area (TPSA) is 84.8 Å². The molecular formula is C11H16N4O. The highest BCUT2D eigenvalue weighted by Gasteiger charge is 2.16. The summed E-state index contributed by atoms with van der Waals surface area (Å²) >= 11 is 0. The first kappa shape index (κ1) is 12.4. The van der Waals surface area contributed by atoms with Crippen LogP contribution < -0.4 is 10.5 Å². The summed E-state index contributed by atoms with van der Waals surface area (Å²) in [6, 6.07) is 2.07. The number of hydrogen-bond donors (Lipinski definition) is 1. The number of aromatic nitrogens is 2. The van der Waals surface area contributed by atoms with Gasteiger partial charge in [-0.3, -0.25) is 0 Å². The van der Waals surface area contributed by atoms with Gasteiger partial charge in [0.1, 0.15) is 18.2 Å². The van der Waals surface area contributed by atoms with E-state index in [1.165, 1.54) is 0 Å². The molecule has 5 heteroatoms. The van der Waals surface area contributed by atoms with Crippen LogP contribution in [0.3, 0.4) is 0 Å². The van der Waals surface area contributed by atoms with Crippen LogP contribution in [0.25, 0.3) is 0 Å². The maximum Gasteiger partial charge on any atom is 0.251 e. The molecular weight excluding hydrogens is 204 g/mol. The van der Waals surface area contributed by atoms with E-state index in [9.17, 15) is 0 Å². The van der Waals surface area contributed by atoms with Crippen LogP contribution in [0, 0.1) is 25.2 Å². The lowest BCUT2D eigenvalue weighted by Crippen LogP contribution is -2.39. The molecule has 0 aromatic carbocycles. The molecule has 0 aliphatic carbocycles. The molecule has 16 heavy (non-hydrogen) atoms. The van der Waals surface area contributed by atoms with Gasteiger partial charge in [-0.25, -0.2) is 0 Å². The molecule has 1 heterocycles. The second-order valence-electron chi connectivity index (χ2n) is 4.48. The monoisotopic (exact) mass is 220 g/mol. The van der Waals surface area contributed by atoms with Crippen molar-refractivity contribution in [2.45, 2.75) is 33.2 Å². The molecule has 5 nitrogen and oxygen atoms in total. The van der Waals surface area contributed by atoms with Crippen LogP contribution in [-0.2, 0) is 0 Å². The normalized spacial score (nSPS) is 11.0. The highest BCUT2D eigenvalue weighted by atomic mass is 16.5. The van der Waals surface area contributed by atoms with Crippen molar-refractivity contribution < 1.29 is 4.74 Å². The first-order valence-corrected chi connectivity index (χ1v) is 5.01. The van der Waals surface area contributed by atoms with Crippen LogP contribution in [-0.4, -0.2) is 22.3 Å². The fraction of sp³-hybridized carbons (Fsp3) is 0.545. The van der Waals surface area contributed by atoms with Gasteiger partial charge in [0.2, 0.25) is 0 Å². The number of nitriles is 1. The largest absolute Gasteiger partial charge is 0.474 e. The van der Waals surface area contributed by atoms with Crippen molar-refractivity contribution in [3.05, 3.63) is 16.8 Å². The van der Waals surface area contributed by atoms with Gasteiger partial charge in [-0.2, -0.15) is 10.4 Å². The Bertz CT molecular complexity index is 429. The Kier molecular flexibility index (Phi) is 3.45. The van der Waals surface area contributed by atoms with Gasteiger partial charge in [0.15, 0.2) is 0 Å². The Morgan fingerprint density at radius 2 is 2.00 bits per heavy atom. The molecule has 0 atom stereocenters. The average Bonchev–Trinajstić information content (AvgIpc) is 2.18. The van der Waals surface area contributed by atoms with Crippen LogP contribution in [0.5, 0.6) is 5.88 Å². The molecule has 0 spiro atoms. The van der Waals surface area contributed by atoms with E-state index >= 15 is 0 Å². The van der Waals surface area contributed by atoms with Crippen molar-refractivity contribution in [1.29, 1.82) is 5.26 Å². The molecule has 2 N–H and O–H groups in total. The summed E-state index contributed by atoms with van der Waals surface area (Å²) in [6.07, 6.45) is 0. The van der Waals surface area contributed by atoms with Gasteiger partial charge in [0.05, 0.1) is 5.69 Å². The Labute approximate surface area is 95.2 Å². The molecule has 1 aromatic rings. The highest BCUT2D eigenvalue weighted by molar-refractivity contribution is 5.44. The quantitative estimate of drug-likeness (QED) is 0.823. The predicted molar refractivity (Wildman–Crippen MR) is 60.0 cm³/mol. The summed E-state index contributed by atoms with van der Waals surface area (Å²) in [5.41, 5.74) is 7.28. The van der Waals surface area contributed by atoms with Crippen molar-refractivity contribution >= 4 is 0 Å². The number of nitrogens with two attached hydrogens (primary N) is 1. The van der Waals surface area contributed by atoms with Gasteiger partial charge in [0, 0.05) is 5.54 Å². The van der Waals surface area contributed by atoms with Crippen LogP contribution in [0.4, 0.5) is 0 Å². The summed E-state index contributed by atoms with van der Waals surface area (Å²) < 4.78 is 5.41. The van der Waals surface area contributed by atoms with Gasteiger partial charge in [-0.05, 0) is 33.3 Å². The minimum atomic E-state index is -0.465. The molecule has 0 aliphatic rings. The van der Waals surface area contributed by atoms with E-state index in [-0.39, 0.29) is 5.88 Å². The van der Waals surface area contributed by atoms with E-state index in [1.54, 1.807) is 6.92 Å². The zero-order valence-corrected chi connectivity index (χ0v) is 10.0. The molecule has 1 aromatic heterocycles. The highest BCUT2D eigenvalue weighted by Crippen LogP contribution is 2.19. The van der Waals surface area contributed by atoms with E-state index in [0.717, 1.165) is 11.3 Å². The minimum Gasteiger partial charge on any atom is -0.474 e. The molecule has 0 radical (unpaired) electrons. The summed E-state index contributed by atoms with van der Waals surface area (Å²) in [6.45, 7) is 7.60. The fourth-order valence-electron chi connectivity index (χ4n) is 1.07. The number of ether oxygens (including phenoxy) is 1. The van der Waals surface area contributed by atoms with Gasteiger partial charge < -0.3 is 10.5 Å². The smallest absolute Gasteiger partial charge is 0.251 e. The Hall–Kier alpha value is -1.67. The van der Waals surface area contributed by atoms with Crippen molar-refractivity contribution in [2.75, 3.05) is 6.61 Å². The third kappa shape index (κ3) is 2.91. The third-order valence-corrected chi connectivity index (χ3v) is 2.12. The summed E-state index contributed by atoms with van der Waals surface area (Å²) in [4.78, 5) is 0. The van der Waals surface area contributed by atoms with E-state index in [2.05, 4.69) is 16.3 Å². The molecule has 86 valence electrons. The van der Waals surface area contributed by atoms with Gasteiger partial charge >= 0.3 is 0 Å². The summed E-state index contributed by atoms with van der Waals surface area (Å²) in [5.74, 6) is 0.254. The van der Waals surface area contributed by atoms with Crippen molar-refractivity contribution in [2.24, 2.45) is 5.73 Å². The fourth-order valence-corrected chi connectivity index (χ4v) is 1.07. The third-order valence-electron chi connectivity index (χ3n) is 2.12. The molecule has 0 bridgehead atoms. The second kappa shape index (κ2) is 4.45. The zero-order chi connectivity index (χ0) is 12.3. The Morgan fingerprint density at radius 3 is 2.50 bits per heavy atom. The van der Waals surface area contributed by atoms with Gasteiger partial charge in [-0.1, -0.05) is 0 Å². The molecule has 0 saturated carbocycles. The number of aryl methyl sites for hydroxylation is 1. The van der Waals surface area contributed by atoms with E-state index in [1.807, 2.05) is 20.8 Å². The average molecular weight is 220 g/mol. The molecule has 0 aliphatic heterocycles. The summed E-state index contributed by atoms with van der Waals surface area (Å²) in [7, 11) is 0. The van der Waals surface area contributed by atoms with Crippen LogP contribution >= 0.6 is 0 Å². The Balaban J connectivity index is 2.98. The van der Waals surface area contributed by atoms with Crippen LogP contribution in [0.2, 0.25) is 0 Å². The number of rotatable bonds is 3. The van der Waals surface area contributed by atoms with Gasteiger partial charge in [-0.15, -0.1) is 5.10 Å². The first-order chi connectivity index (χ1) is 7.35. The maximum absolute atomic E-state index is 9.02. The van der Waals surface area contributed by atoms with Crippen LogP contribution in [0.1, 0.15) is 30.7 Å². The maximum atomic E-state index is 9.02. The predicted octanol–water partition coefficient (Wildman–Crippen LogP) is 1.08. The van der Waals surface area contributed by atoms with Crippen LogP contribution in [0.15, 0.2) is 0 Å². The summed E-state index contributed by atoms with van der Waals surface area (Å²) in [5, 5.41) is 16.8. The molecule has 1 rings (SSSR count). The zero-order valence-electron chi connectivity index (χ0n) is 10.0. The lowest BCUT2D eigenvalue weighted by Gasteiger charge is -2.19. The lowest BCUT2D eigenvalue weighted by molar-refractivity contribution is 0.232. The molecule has 0 fully saturated rings. The van der Waals surface area contributed by atoms with Crippen molar-refractivity contribution in [3.8, 4) is 11.9 Å². The standard InChI is InChI=1S/C11H16N4O/c1-7-8(2)14-15-10(9(7)5-12)16-6-11(3,4)13/h6,13H2,1-4H3. The van der Waals surface area contributed by atoms with Crippen molar-refractivity contribution in [1.82, 2.24) is 10.2 Å². The minimum absolute atomic E-state index is 0.254. The SMILES string of the molecule is Cc1nnc(OCC(C)(C)N)c(C#N)c1C. The van der Waals surface area contributed by atoms with Gasteiger partial charge in [0.25, 0.3) is 5.88 Å².